The largest absolute Gasteiger partial charge is 0.481 e. The maximum absolute atomic E-state index is 12.4. The number of benzene rings is 2. The van der Waals surface area contributed by atoms with Crippen LogP contribution in [0.3, 0.4) is 0 Å². The Bertz CT molecular complexity index is 1050. The molecule has 2 fully saturated rings. The molecule has 2 saturated carbocycles. The summed E-state index contributed by atoms with van der Waals surface area (Å²) < 4.78 is 5.56. The first kappa shape index (κ1) is 22.4. The summed E-state index contributed by atoms with van der Waals surface area (Å²) in [4.78, 5) is 35.8. The fraction of sp³-hybridized carbons (Fsp3) is 0.444. The van der Waals surface area contributed by atoms with Gasteiger partial charge in [-0.05, 0) is 59.3 Å². The number of ether oxygens (including phenoxy) is 1. The molecular weight excluding hydrogens is 432 g/mol. The zero-order valence-corrected chi connectivity index (χ0v) is 19.0. The normalized spacial score (nSPS) is 21.2. The van der Waals surface area contributed by atoms with E-state index < -0.39 is 12.1 Å². The highest BCUT2D eigenvalue weighted by atomic mass is 16.5. The third kappa shape index (κ3) is 4.93. The van der Waals surface area contributed by atoms with E-state index in [9.17, 15) is 14.4 Å². The Kier molecular flexibility index (Phi) is 6.26. The molecule has 2 amide bonds. The molecule has 7 heteroatoms. The SMILES string of the molecule is O=C(O)CC(CNC(=O)C1CC1CNC(=O)OCC1c2ccccc2-c2ccccc21)C1CC1. The van der Waals surface area contributed by atoms with E-state index in [1.807, 2.05) is 24.3 Å². The smallest absolute Gasteiger partial charge is 0.407 e. The van der Waals surface area contributed by atoms with E-state index in [1.165, 1.54) is 22.3 Å². The predicted molar refractivity (Wildman–Crippen MR) is 126 cm³/mol. The molecule has 3 aliphatic rings. The van der Waals surface area contributed by atoms with Crippen LogP contribution in [0.25, 0.3) is 11.1 Å². The number of fused-ring (bicyclic) bond motifs is 3. The van der Waals surface area contributed by atoms with Crippen molar-refractivity contribution in [3.63, 3.8) is 0 Å². The van der Waals surface area contributed by atoms with E-state index in [1.54, 1.807) is 0 Å². The number of alkyl carbamates (subject to hydrolysis) is 1. The van der Waals surface area contributed by atoms with Gasteiger partial charge >= 0.3 is 12.1 Å². The highest BCUT2D eigenvalue weighted by Gasteiger charge is 2.43. The molecule has 3 aliphatic carbocycles. The van der Waals surface area contributed by atoms with E-state index in [0.717, 1.165) is 19.3 Å². The quantitative estimate of drug-likeness (QED) is 0.498. The molecule has 178 valence electrons. The number of carbonyl (C=O) groups excluding carboxylic acids is 2. The van der Waals surface area contributed by atoms with Crippen molar-refractivity contribution in [1.29, 1.82) is 0 Å². The van der Waals surface area contributed by atoms with Gasteiger partial charge in [0.05, 0.1) is 6.42 Å². The number of carboxylic acids is 1. The number of carboxylic acid groups (broad SMARTS) is 1. The first-order chi connectivity index (χ1) is 16.5. The van der Waals surface area contributed by atoms with E-state index >= 15 is 0 Å². The Morgan fingerprint density at radius 3 is 2.24 bits per heavy atom. The Morgan fingerprint density at radius 2 is 1.62 bits per heavy atom. The zero-order chi connectivity index (χ0) is 23.7. The summed E-state index contributed by atoms with van der Waals surface area (Å²) in [6.07, 6.45) is 2.45. The molecule has 0 bridgehead atoms. The van der Waals surface area contributed by atoms with Crippen LogP contribution in [0, 0.1) is 23.7 Å². The molecule has 0 spiro atoms. The van der Waals surface area contributed by atoms with Crippen molar-refractivity contribution in [3.05, 3.63) is 59.7 Å². The lowest BCUT2D eigenvalue weighted by atomic mass is 9.98. The monoisotopic (exact) mass is 462 g/mol. The average Bonchev–Trinajstić information content (AvgIpc) is 3.76. The van der Waals surface area contributed by atoms with Gasteiger partial charge in [-0.1, -0.05) is 48.5 Å². The minimum atomic E-state index is -0.817. The predicted octanol–water partition coefficient (Wildman–Crippen LogP) is 3.78. The Labute approximate surface area is 198 Å². The fourth-order valence-corrected chi connectivity index (χ4v) is 5.22. The zero-order valence-electron chi connectivity index (χ0n) is 19.0. The van der Waals surface area contributed by atoms with Crippen LogP contribution in [0.15, 0.2) is 48.5 Å². The summed E-state index contributed by atoms with van der Waals surface area (Å²) in [6, 6.07) is 16.4. The molecule has 0 saturated heterocycles. The molecule has 7 nitrogen and oxygen atoms in total. The van der Waals surface area contributed by atoms with Gasteiger partial charge in [0.2, 0.25) is 5.91 Å². The van der Waals surface area contributed by atoms with Gasteiger partial charge in [0.25, 0.3) is 0 Å². The minimum absolute atomic E-state index is 0.0117. The highest BCUT2D eigenvalue weighted by Crippen LogP contribution is 2.44. The number of amides is 2. The van der Waals surface area contributed by atoms with Crippen molar-refractivity contribution >= 4 is 18.0 Å². The van der Waals surface area contributed by atoms with Gasteiger partial charge in [0, 0.05) is 24.9 Å². The average molecular weight is 463 g/mol. The van der Waals surface area contributed by atoms with Crippen molar-refractivity contribution in [3.8, 4) is 11.1 Å². The molecule has 0 aromatic heterocycles. The molecule has 2 aromatic rings. The number of carbonyl (C=O) groups is 3. The second kappa shape index (κ2) is 9.49. The van der Waals surface area contributed by atoms with Crippen molar-refractivity contribution in [2.45, 2.75) is 31.6 Å². The summed E-state index contributed by atoms with van der Waals surface area (Å²) in [5.41, 5.74) is 4.71. The van der Waals surface area contributed by atoms with Crippen molar-refractivity contribution < 1.29 is 24.2 Å². The van der Waals surface area contributed by atoms with Crippen LogP contribution in [0.2, 0.25) is 0 Å². The van der Waals surface area contributed by atoms with Crippen molar-refractivity contribution in [2.24, 2.45) is 23.7 Å². The van der Waals surface area contributed by atoms with Gasteiger partial charge in [0.1, 0.15) is 6.61 Å². The van der Waals surface area contributed by atoms with Gasteiger partial charge in [-0.15, -0.1) is 0 Å². The Hall–Kier alpha value is -3.35. The summed E-state index contributed by atoms with van der Waals surface area (Å²) in [7, 11) is 0. The lowest BCUT2D eigenvalue weighted by molar-refractivity contribution is -0.138. The first-order valence-electron chi connectivity index (χ1n) is 12.1. The number of hydrogen-bond donors (Lipinski definition) is 3. The number of hydrogen-bond acceptors (Lipinski definition) is 4. The third-order valence-electron chi connectivity index (χ3n) is 7.38. The molecule has 3 N–H and O–H groups in total. The van der Waals surface area contributed by atoms with Crippen LogP contribution in [-0.2, 0) is 14.3 Å². The second-order valence-corrected chi connectivity index (χ2v) is 9.75. The number of nitrogens with one attached hydrogen (secondary N) is 2. The van der Waals surface area contributed by atoms with Crippen molar-refractivity contribution in [1.82, 2.24) is 10.6 Å². The lowest BCUT2D eigenvalue weighted by Gasteiger charge is -2.15. The van der Waals surface area contributed by atoms with Crippen LogP contribution < -0.4 is 10.6 Å². The van der Waals surface area contributed by atoms with Gasteiger partial charge in [-0.2, -0.15) is 0 Å². The summed E-state index contributed by atoms with van der Waals surface area (Å²) >= 11 is 0. The van der Waals surface area contributed by atoms with Crippen LogP contribution in [-0.4, -0.2) is 42.8 Å². The summed E-state index contributed by atoms with van der Waals surface area (Å²) in [5, 5.41) is 14.8. The van der Waals surface area contributed by atoms with Gasteiger partial charge < -0.3 is 20.5 Å². The minimum Gasteiger partial charge on any atom is -0.481 e. The topological polar surface area (TPSA) is 105 Å². The van der Waals surface area contributed by atoms with Gasteiger partial charge in [-0.25, -0.2) is 4.79 Å². The summed E-state index contributed by atoms with van der Waals surface area (Å²) in [5.74, 6) is -0.446. The van der Waals surface area contributed by atoms with Crippen LogP contribution in [0.1, 0.15) is 42.7 Å². The molecule has 0 heterocycles. The molecule has 0 radical (unpaired) electrons. The standard InChI is InChI=1S/C27H30N2O5/c30-25(31)12-17(16-9-10-16)13-28-26(32)23-11-18(23)14-29-27(33)34-15-24-21-7-3-1-5-19(21)20-6-2-4-8-22(20)24/h1-8,16-18,23-24H,9-15H2,(H,28,32)(H,29,33)(H,30,31). The highest BCUT2D eigenvalue weighted by molar-refractivity contribution is 5.82. The van der Waals surface area contributed by atoms with Crippen LogP contribution in [0.4, 0.5) is 4.79 Å². The van der Waals surface area contributed by atoms with Gasteiger partial charge in [0.15, 0.2) is 0 Å². The van der Waals surface area contributed by atoms with Crippen molar-refractivity contribution in [2.75, 3.05) is 19.7 Å². The molecule has 2 aromatic carbocycles. The molecule has 3 unspecified atom stereocenters. The molecule has 0 aliphatic heterocycles. The van der Waals surface area contributed by atoms with E-state index in [2.05, 4.69) is 34.9 Å². The van der Waals surface area contributed by atoms with E-state index in [0.29, 0.717) is 19.0 Å². The molecule has 34 heavy (non-hydrogen) atoms. The second-order valence-electron chi connectivity index (χ2n) is 9.75. The molecular formula is C27H30N2O5. The number of rotatable bonds is 10. The van der Waals surface area contributed by atoms with E-state index in [-0.39, 0.29) is 42.6 Å². The van der Waals surface area contributed by atoms with Crippen LogP contribution >= 0.6 is 0 Å². The summed E-state index contributed by atoms with van der Waals surface area (Å²) in [6.45, 7) is 1.08. The first-order valence-corrected chi connectivity index (χ1v) is 12.1. The Balaban J connectivity index is 1.05. The maximum Gasteiger partial charge on any atom is 0.407 e. The van der Waals surface area contributed by atoms with E-state index in [4.69, 9.17) is 9.84 Å². The molecule has 3 atom stereocenters. The molecule has 5 rings (SSSR count). The van der Waals surface area contributed by atoms with Gasteiger partial charge in [-0.3, -0.25) is 9.59 Å². The van der Waals surface area contributed by atoms with Crippen LogP contribution in [0.5, 0.6) is 0 Å². The maximum atomic E-state index is 12.4. The fourth-order valence-electron chi connectivity index (χ4n) is 5.22. The lowest BCUT2D eigenvalue weighted by Crippen LogP contribution is -2.34. The third-order valence-corrected chi connectivity index (χ3v) is 7.38. The Morgan fingerprint density at radius 1 is 0.971 bits per heavy atom. The number of aliphatic carboxylic acids is 1.